The first kappa shape index (κ1) is 25.4. The molecule has 31 heavy (non-hydrogen) atoms. The Morgan fingerprint density at radius 1 is 1.06 bits per heavy atom. The normalized spacial score (nSPS) is 13.9. The van der Waals surface area contributed by atoms with Crippen molar-refractivity contribution < 1.29 is 36.2 Å². The van der Waals surface area contributed by atoms with E-state index in [4.69, 9.17) is 39.9 Å². The van der Waals surface area contributed by atoms with Crippen molar-refractivity contribution >= 4 is 46.6 Å². The second-order valence-electron chi connectivity index (χ2n) is 6.47. The molecule has 1 N–H and O–H groups in total. The third-order valence-electron chi connectivity index (χ3n) is 4.44. The van der Waals surface area contributed by atoms with Crippen molar-refractivity contribution in [3.8, 4) is 0 Å². The van der Waals surface area contributed by atoms with Gasteiger partial charge in [-0.05, 0) is 35.9 Å². The summed E-state index contributed by atoms with van der Waals surface area (Å²) in [5.74, 6) is -8.75. The second kappa shape index (κ2) is 9.30. The molecule has 0 fully saturated rings. The number of benzene rings is 2. The number of allylic oxidation sites excluding steroid dienone is 1. The molecule has 0 aliphatic carbocycles. The smallest absolute Gasteiger partial charge is 0.417 e. The van der Waals surface area contributed by atoms with E-state index in [1.54, 1.807) is 0 Å². The monoisotopic (exact) mass is 504 g/mol. The van der Waals surface area contributed by atoms with E-state index in [0.717, 1.165) is 25.1 Å². The van der Waals surface area contributed by atoms with Crippen LogP contribution in [0.3, 0.4) is 0 Å². The third kappa shape index (κ3) is 5.67. The Hall–Kier alpha value is -1.90. The Bertz CT molecular complexity index is 1010. The lowest BCUT2D eigenvalue weighted by molar-refractivity contribution is -0.138. The van der Waals surface area contributed by atoms with E-state index >= 15 is 0 Å². The highest BCUT2D eigenvalue weighted by molar-refractivity contribution is 6.48. The standard InChI is InChI=1S/C20H13Cl3F6O2/c1-2-19(25,26)12(10-6-14(21)17(23)15(22)7-10)8-16(24)9-3-4-11(18(30)31)13(5-9)20(27,28)29/h3-8,12H,2H2,1H3,(H,30,31)/b16-8-. The molecule has 2 nitrogen and oxygen atoms in total. The lowest BCUT2D eigenvalue weighted by Gasteiger charge is -2.24. The summed E-state index contributed by atoms with van der Waals surface area (Å²) in [6.07, 6.45) is -5.39. The largest absolute Gasteiger partial charge is 0.478 e. The topological polar surface area (TPSA) is 37.3 Å². The van der Waals surface area contributed by atoms with E-state index in [1.165, 1.54) is 0 Å². The van der Waals surface area contributed by atoms with Crippen LogP contribution in [0.1, 0.15) is 46.3 Å². The average Bonchev–Trinajstić information content (AvgIpc) is 2.68. The Balaban J connectivity index is 2.66. The molecule has 168 valence electrons. The number of halogens is 9. The van der Waals surface area contributed by atoms with Gasteiger partial charge in [0.25, 0.3) is 5.92 Å². The molecule has 11 heteroatoms. The average molecular weight is 506 g/mol. The Morgan fingerprint density at radius 3 is 2.06 bits per heavy atom. The highest BCUT2D eigenvalue weighted by Gasteiger charge is 2.39. The van der Waals surface area contributed by atoms with Crippen LogP contribution in [-0.4, -0.2) is 17.0 Å². The minimum atomic E-state index is -5.10. The van der Waals surface area contributed by atoms with Crippen molar-refractivity contribution in [1.82, 2.24) is 0 Å². The summed E-state index contributed by atoms with van der Waals surface area (Å²) in [5.41, 5.74) is -3.65. The molecule has 0 aromatic heterocycles. The first-order chi connectivity index (χ1) is 14.2. The van der Waals surface area contributed by atoms with Crippen LogP contribution in [0.4, 0.5) is 26.3 Å². The molecule has 0 radical (unpaired) electrons. The lowest BCUT2D eigenvalue weighted by Crippen LogP contribution is -2.24. The molecule has 0 saturated carbocycles. The van der Waals surface area contributed by atoms with Gasteiger partial charge < -0.3 is 5.11 Å². The van der Waals surface area contributed by atoms with Crippen molar-refractivity contribution in [3.63, 3.8) is 0 Å². The molecule has 1 atom stereocenters. The van der Waals surface area contributed by atoms with Gasteiger partial charge in [0.15, 0.2) is 0 Å². The summed E-state index contributed by atoms with van der Waals surface area (Å²) >= 11 is 17.6. The molecule has 2 aromatic carbocycles. The van der Waals surface area contributed by atoms with Gasteiger partial charge in [-0.15, -0.1) is 0 Å². The molecular formula is C20H13Cl3F6O2. The molecule has 0 heterocycles. The lowest BCUT2D eigenvalue weighted by atomic mass is 9.89. The minimum absolute atomic E-state index is 0.103. The highest BCUT2D eigenvalue weighted by Crippen LogP contribution is 2.43. The second-order valence-corrected chi connectivity index (χ2v) is 7.66. The zero-order chi connectivity index (χ0) is 23.7. The van der Waals surface area contributed by atoms with E-state index in [0.29, 0.717) is 12.1 Å². The number of hydrogen-bond donors (Lipinski definition) is 1. The van der Waals surface area contributed by atoms with Crippen LogP contribution in [0.2, 0.25) is 15.1 Å². The van der Waals surface area contributed by atoms with Gasteiger partial charge in [-0.25, -0.2) is 18.0 Å². The molecule has 0 aliphatic rings. The fraction of sp³-hybridized carbons (Fsp3) is 0.250. The SMILES string of the molecule is CCC(F)(F)C(/C=C(\F)c1ccc(C(=O)O)c(C(F)(F)F)c1)c1cc(Cl)c(Cl)c(Cl)c1. The molecule has 2 rings (SSSR count). The maximum atomic E-state index is 14.8. The third-order valence-corrected chi connectivity index (χ3v) is 5.63. The number of aromatic carboxylic acids is 1. The van der Waals surface area contributed by atoms with Crippen LogP contribution in [0, 0.1) is 0 Å². The van der Waals surface area contributed by atoms with Crippen molar-refractivity contribution in [1.29, 1.82) is 0 Å². The van der Waals surface area contributed by atoms with Gasteiger partial charge in [-0.3, -0.25) is 0 Å². The number of carboxylic acid groups (broad SMARTS) is 1. The van der Waals surface area contributed by atoms with Gasteiger partial charge in [0.1, 0.15) is 5.83 Å². The van der Waals surface area contributed by atoms with Gasteiger partial charge in [0.05, 0.1) is 32.1 Å². The van der Waals surface area contributed by atoms with Gasteiger partial charge >= 0.3 is 12.1 Å². The van der Waals surface area contributed by atoms with Crippen LogP contribution in [0.25, 0.3) is 5.83 Å². The molecule has 0 aliphatic heterocycles. The summed E-state index contributed by atoms with van der Waals surface area (Å²) in [7, 11) is 0. The quantitative estimate of drug-likeness (QED) is 0.316. The molecule has 0 bridgehead atoms. The minimum Gasteiger partial charge on any atom is -0.478 e. The molecule has 0 saturated heterocycles. The Morgan fingerprint density at radius 2 is 1.61 bits per heavy atom. The summed E-state index contributed by atoms with van der Waals surface area (Å²) < 4.78 is 83.6. The van der Waals surface area contributed by atoms with Gasteiger partial charge in [0.2, 0.25) is 0 Å². The van der Waals surface area contributed by atoms with E-state index < -0.39 is 52.9 Å². The maximum Gasteiger partial charge on any atom is 0.417 e. The van der Waals surface area contributed by atoms with E-state index in [2.05, 4.69) is 0 Å². The van der Waals surface area contributed by atoms with Crippen LogP contribution >= 0.6 is 34.8 Å². The zero-order valence-corrected chi connectivity index (χ0v) is 17.8. The molecular weight excluding hydrogens is 493 g/mol. The Kier molecular flexibility index (Phi) is 7.61. The first-order valence-corrected chi connectivity index (χ1v) is 9.67. The number of rotatable bonds is 6. The van der Waals surface area contributed by atoms with Crippen molar-refractivity contribution in [2.75, 3.05) is 0 Å². The van der Waals surface area contributed by atoms with E-state index in [-0.39, 0.29) is 26.7 Å². The van der Waals surface area contributed by atoms with Gasteiger partial charge in [-0.1, -0.05) is 47.8 Å². The van der Waals surface area contributed by atoms with Crippen molar-refractivity contribution in [2.24, 2.45) is 0 Å². The van der Waals surface area contributed by atoms with Crippen molar-refractivity contribution in [2.45, 2.75) is 31.4 Å². The summed E-state index contributed by atoms with van der Waals surface area (Å²) in [4.78, 5) is 11.0. The number of hydrogen-bond acceptors (Lipinski definition) is 1. The van der Waals surface area contributed by atoms with Gasteiger partial charge in [0, 0.05) is 12.0 Å². The summed E-state index contributed by atoms with van der Waals surface area (Å²) in [6, 6.07) is 3.67. The fourth-order valence-electron chi connectivity index (χ4n) is 2.79. The highest BCUT2D eigenvalue weighted by atomic mass is 35.5. The van der Waals surface area contributed by atoms with E-state index in [1.807, 2.05) is 0 Å². The van der Waals surface area contributed by atoms with E-state index in [9.17, 15) is 31.1 Å². The number of alkyl halides is 5. The van der Waals surface area contributed by atoms with Crippen LogP contribution in [-0.2, 0) is 6.18 Å². The number of carbonyl (C=O) groups is 1. The number of carboxylic acids is 1. The predicted molar refractivity (Wildman–Crippen MR) is 107 cm³/mol. The zero-order valence-electron chi connectivity index (χ0n) is 15.5. The molecule has 0 spiro atoms. The van der Waals surface area contributed by atoms with Crippen LogP contribution in [0.5, 0.6) is 0 Å². The summed E-state index contributed by atoms with van der Waals surface area (Å²) in [6.45, 7) is 1.14. The Labute approximate surface area is 188 Å². The van der Waals surface area contributed by atoms with Crippen LogP contribution < -0.4 is 0 Å². The van der Waals surface area contributed by atoms with Crippen LogP contribution in [0.15, 0.2) is 36.4 Å². The molecule has 1 unspecified atom stereocenters. The van der Waals surface area contributed by atoms with Gasteiger partial charge in [-0.2, -0.15) is 13.2 Å². The fourth-order valence-corrected chi connectivity index (χ4v) is 3.41. The molecule has 2 aromatic rings. The summed E-state index contributed by atoms with van der Waals surface area (Å²) in [5, 5.41) is 8.49. The van der Waals surface area contributed by atoms with Crippen molar-refractivity contribution in [3.05, 3.63) is 73.7 Å². The first-order valence-electron chi connectivity index (χ1n) is 8.53. The predicted octanol–water partition coefficient (Wildman–Crippen LogP) is 8.50. The maximum absolute atomic E-state index is 14.8. The molecule has 0 amide bonds.